The molecule has 2 aliphatic rings. The van der Waals surface area contributed by atoms with Crippen molar-refractivity contribution in [1.82, 2.24) is 5.32 Å². The zero-order chi connectivity index (χ0) is 23.7. The molecule has 0 aliphatic carbocycles. The number of benzene rings is 2. The first-order valence-corrected chi connectivity index (χ1v) is 10.8. The highest BCUT2D eigenvalue weighted by Crippen LogP contribution is 2.35. The number of rotatable bonds is 5. The summed E-state index contributed by atoms with van der Waals surface area (Å²) in [6, 6.07) is 4.10. The van der Waals surface area contributed by atoms with Crippen LogP contribution in [0.1, 0.15) is 12.8 Å². The van der Waals surface area contributed by atoms with Crippen LogP contribution >= 0.6 is 11.6 Å². The third kappa shape index (κ3) is 4.80. The molecule has 176 valence electrons. The number of anilines is 3. The van der Waals surface area contributed by atoms with Gasteiger partial charge in [0.05, 0.1) is 29.2 Å². The molecule has 11 heteroatoms. The summed E-state index contributed by atoms with van der Waals surface area (Å²) in [5.74, 6) is -2.32. The number of carbonyl (C=O) groups is 2. The van der Waals surface area contributed by atoms with Gasteiger partial charge >= 0.3 is 0 Å². The summed E-state index contributed by atoms with van der Waals surface area (Å²) in [6.45, 7) is 1.42. The minimum Gasteiger partial charge on any atom is -0.495 e. The molecule has 0 bridgehead atoms. The molecule has 2 fully saturated rings. The van der Waals surface area contributed by atoms with Gasteiger partial charge in [-0.05, 0) is 12.5 Å². The number of hydrogen-bond donors (Lipinski definition) is 2. The molecule has 7 nitrogen and oxygen atoms in total. The Morgan fingerprint density at radius 3 is 2.18 bits per heavy atom. The van der Waals surface area contributed by atoms with Gasteiger partial charge in [0.1, 0.15) is 29.2 Å². The zero-order valence-electron chi connectivity index (χ0n) is 17.8. The minimum absolute atomic E-state index is 0.110. The Balaban J connectivity index is 1.48. The van der Waals surface area contributed by atoms with E-state index in [1.54, 1.807) is 9.80 Å². The molecule has 0 spiro atoms. The number of piperidine rings is 1. The SMILES string of the molecule is COc1cc(N2CCN(c3cc(F)c(Cl)cc3F)CC2)c(F)cc1NC1CCC(=O)NC1=O. The van der Waals surface area contributed by atoms with Crippen LogP contribution in [-0.4, -0.2) is 51.1 Å². The van der Waals surface area contributed by atoms with Crippen molar-refractivity contribution in [2.24, 2.45) is 0 Å². The maximum atomic E-state index is 15.0. The molecule has 0 radical (unpaired) electrons. The fourth-order valence-electron chi connectivity index (χ4n) is 4.03. The lowest BCUT2D eigenvalue weighted by molar-refractivity contribution is -0.133. The van der Waals surface area contributed by atoms with Crippen LogP contribution in [0.15, 0.2) is 24.3 Å². The summed E-state index contributed by atoms with van der Waals surface area (Å²) in [5.41, 5.74) is 0.701. The van der Waals surface area contributed by atoms with Crippen LogP contribution in [0, 0.1) is 17.5 Å². The molecule has 1 unspecified atom stereocenters. The van der Waals surface area contributed by atoms with E-state index in [0.717, 1.165) is 12.1 Å². The third-order valence-electron chi connectivity index (χ3n) is 5.79. The van der Waals surface area contributed by atoms with E-state index in [9.17, 15) is 18.4 Å². The summed E-state index contributed by atoms with van der Waals surface area (Å²) in [6.07, 6.45) is 0.482. The first-order chi connectivity index (χ1) is 15.8. The molecule has 0 saturated carbocycles. The average Bonchev–Trinajstić information content (AvgIpc) is 2.78. The monoisotopic (exact) mass is 482 g/mol. The molecule has 0 aromatic heterocycles. The van der Waals surface area contributed by atoms with Gasteiger partial charge in [-0.3, -0.25) is 14.9 Å². The van der Waals surface area contributed by atoms with Crippen LogP contribution in [0.5, 0.6) is 5.75 Å². The number of methoxy groups -OCH3 is 1. The second-order valence-electron chi connectivity index (χ2n) is 7.84. The maximum absolute atomic E-state index is 15.0. The molecule has 2 heterocycles. The number of nitrogens with zero attached hydrogens (tertiary/aromatic N) is 2. The Morgan fingerprint density at radius 2 is 1.58 bits per heavy atom. The molecule has 4 rings (SSSR count). The van der Waals surface area contributed by atoms with Crippen LogP contribution in [0.3, 0.4) is 0 Å². The number of ether oxygens (including phenoxy) is 1. The van der Waals surface area contributed by atoms with Gasteiger partial charge in [-0.25, -0.2) is 13.2 Å². The van der Waals surface area contributed by atoms with E-state index in [1.165, 1.54) is 19.2 Å². The number of halogens is 4. The van der Waals surface area contributed by atoms with Crippen molar-refractivity contribution in [2.75, 3.05) is 48.4 Å². The molecule has 2 N–H and O–H groups in total. The van der Waals surface area contributed by atoms with Gasteiger partial charge in [-0.15, -0.1) is 0 Å². The summed E-state index contributed by atoms with van der Waals surface area (Å²) < 4.78 is 48.4. The topological polar surface area (TPSA) is 73.9 Å². The van der Waals surface area contributed by atoms with E-state index in [1.807, 2.05) is 0 Å². The smallest absolute Gasteiger partial charge is 0.249 e. The first kappa shape index (κ1) is 23.0. The predicted molar refractivity (Wildman–Crippen MR) is 119 cm³/mol. The Hall–Kier alpha value is -3.14. The summed E-state index contributed by atoms with van der Waals surface area (Å²) >= 11 is 5.63. The van der Waals surface area contributed by atoms with Crippen LogP contribution in [0.25, 0.3) is 0 Å². The van der Waals surface area contributed by atoms with E-state index in [0.29, 0.717) is 49.7 Å². The number of amides is 2. The normalized spacial score (nSPS) is 18.9. The highest BCUT2D eigenvalue weighted by Gasteiger charge is 2.28. The second-order valence-corrected chi connectivity index (χ2v) is 8.25. The fraction of sp³-hybridized carbons (Fsp3) is 0.364. The summed E-state index contributed by atoms with van der Waals surface area (Å²) in [5, 5.41) is 4.91. The molecule has 33 heavy (non-hydrogen) atoms. The Morgan fingerprint density at radius 1 is 0.970 bits per heavy atom. The van der Waals surface area contributed by atoms with Gasteiger partial charge in [0.25, 0.3) is 0 Å². The first-order valence-electron chi connectivity index (χ1n) is 10.4. The number of imide groups is 1. The minimum atomic E-state index is -0.703. The predicted octanol–water partition coefficient (Wildman–Crippen LogP) is 3.31. The van der Waals surface area contributed by atoms with Gasteiger partial charge in [0.15, 0.2) is 0 Å². The van der Waals surface area contributed by atoms with Gasteiger partial charge in [-0.2, -0.15) is 0 Å². The highest BCUT2D eigenvalue weighted by atomic mass is 35.5. The number of carbonyl (C=O) groups excluding carboxylic acids is 2. The van der Waals surface area contributed by atoms with Crippen molar-refractivity contribution in [3.63, 3.8) is 0 Å². The number of hydrogen-bond acceptors (Lipinski definition) is 6. The molecule has 2 aliphatic heterocycles. The molecule has 2 aromatic rings. The highest BCUT2D eigenvalue weighted by molar-refractivity contribution is 6.30. The average molecular weight is 483 g/mol. The quantitative estimate of drug-likeness (QED) is 0.503. The lowest BCUT2D eigenvalue weighted by Gasteiger charge is -2.37. The summed E-state index contributed by atoms with van der Waals surface area (Å²) in [4.78, 5) is 26.8. The van der Waals surface area contributed by atoms with Gasteiger partial charge < -0.3 is 19.9 Å². The van der Waals surface area contributed by atoms with Gasteiger partial charge in [-0.1, -0.05) is 11.6 Å². The van der Waals surface area contributed by atoms with Crippen molar-refractivity contribution in [1.29, 1.82) is 0 Å². The lowest BCUT2D eigenvalue weighted by Crippen LogP contribution is -2.47. The van der Waals surface area contributed by atoms with E-state index in [2.05, 4.69) is 10.6 Å². The number of nitrogens with one attached hydrogen (secondary N) is 2. The Labute approximate surface area is 193 Å². The fourth-order valence-corrected chi connectivity index (χ4v) is 4.18. The molecule has 1 atom stereocenters. The van der Waals surface area contributed by atoms with Crippen LogP contribution in [-0.2, 0) is 9.59 Å². The zero-order valence-corrected chi connectivity index (χ0v) is 18.5. The van der Waals surface area contributed by atoms with Crippen molar-refractivity contribution >= 4 is 40.5 Å². The largest absolute Gasteiger partial charge is 0.495 e. The molecule has 2 amide bonds. The standard InChI is InChI=1S/C22H22ClF3N4O3/c1-33-20-11-19(15(26)9-17(20)27-16-2-3-21(31)28-22(16)32)30-6-4-29(5-7-30)18-10-13(24)12(23)8-14(18)25/h8-11,16,27H,2-7H2,1H3,(H,28,31,32). The van der Waals surface area contributed by atoms with Crippen LogP contribution < -0.4 is 25.2 Å². The van der Waals surface area contributed by atoms with E-state index >= 15 is 4.39 Å². The summed E-state index contributed by atoms with van der Waals surface area (Å²) in [7, 11) is 1.43. The molecule has 2 aromatic carbocycles. The molecular formula is C22H22ClF3N4O3. The Kier molecular flexibility index (Phi) is 6.55. The van der Waals surface area contributed by atoms with Crippen molar-refractivity contribution in [3.8, 4) is 5.75 Å². The lowest BCUT2D eigenvalue weighted by atomic mass is 10.1. The van der Waals surface area contributed by atoms with E-state index < -0.39 is 29.4 Å². The van der Waals surface area contributed by atoms with Crippen molar-refractivity contribution < 1.29 is 27.5 Å². The van der Waals surface area contributed by atoms with E-state index in [-0.39, 0.29) is 23.0 Å². The van der Waals surface area contributed by atoms with Gasteiger partial charge in [0.2, 0.25) is 11.8 Å². The van der Waals surface area contributed by atoms with Crippen LogP contribution in [0.4, 0.5) is 30.2 Å². The third-order valence-corrected chi connectivity index (χ3v) is 6.08. The van der Waals surface area contributed by atoms with Gasteiger partial charge in [0, 0.05) is 50.8 Å². The molecular weight excluding hydrogens is 461 g/mol. The van der Waals surface area contributed by atoms with Crippen LogP contribution in [0.2, 0.25) is 5.02 Å². The molecule has 2 saturated heterocycles. The maximum Gasteiger partial charge on any atom is 0.249 e. The van der Waals surface area contributed by atoms with E-state index in [4.69, 9.17) is 16.3 Å². The second kappa shape index (κ2) is 9.38. The van der Waals surface area contributed by atoms with Crippen molar-refractivity contribution in [3.05, 3.63) is 46.7 Å². The number of piperazine rings is 1. The Bertz CT molecular complexity index is 1090. The van der Waals surface area contributed by atoms with Crippen molar-refractivity contribution in [2.45, 2.75) is 18.9 Å².